The fourth-order valence-corrected chi connectivity index (χ4v) is 2.45. The van der Waals surface area contributed by atoms with E-state index in [-0.39, 0.29) is 11.8 Å². The molecule has 0 aromatic heterocycles. The number of carbonyl (C=O) groups excluding carboxylic acids is 2. The highest BCUT2D eigenvalue weighted by Crippen LogP contribution is 2.04. The van der Waals surface area contributed by atoms with Crippen molar-refractivity contribution < 1.29 is 9.59 Å². The molecular weight excluding hydrogens is 266 g/mol. The lowest BCUT2D eigenvalue weighted by atomic mass is 10.2. The van der Waals surface area contributed by atoms with Crippen molar-refractivity contribution in [2.45, 2.75) is 19.9 Å². The van der Waals surface area contributed by atoms with E-state index in [0.29, 0.717) is 39.1 Å². The molecule has 1 N–H and O–H groups in total. The lowest BCUT2D eigenvalue weighted by molar-refractivity contribution is -0.138. The van der Waals surface area contributed by atoms with Crippen LogP contribution in [0.3, 0.4) is 0 Å². The van der Waals surface area contributed by atoms with Gasteiger partial charge < -0.3 is 15.1 Å². The van der Waals surface area contributed by atoms with E-state index in [0.717, 1.165) is 6.54 Å². The van der Waals surface area contributed by atoms with Gasteiger partial charge in [-0.1, -0.05) is 30.3 Å². The Morgan fingerprint density at radius 2 is 1.67 bits per heavy atom. The molecule has 5 nitrogen and oxygen atoms in total. The Bertz CT molecular complexity index is 468. The summed E-state index contributed by atoms with van der Waals surface area (Å²) >= 11 is 0. The minimum Gasteiger partial charge on any atom is -0.339 e. The molecule has 0 aliphatic carbocycles. The van der Waals surface area contributed by atoms with Crippen molar-refractivity contribution in [2.75, 3.05) is 32.7 Å². The Hall–Kier alpha value is -1.88. The molecule has 0 spiro atoms. The summed E-state index contributed by atoms with van der Waals surface area (Å²) in [5, 5.41) is 3.29. The van der Waals surface area contributed by atoms with Crippen molar-refractivity contribution in [3.63, 3.8) is 0 Å². The number of hydrogen-bond acceptors (Lipinski definition) is 3. The van der Waals surface area contributed by atoms with Crippen LogP contribution in [0.2, 0.25) is 0 Å². The van der Waals surface area contributed by atoms with Crippen LogP contribution in [0.1, 0.15) is 18.9 Å². The summed E-state index contributed by atoms with van der Waals surface area (Å²) < 4.78 is 0. The van der Waals surface area contributed by atoms with Crippen molar-refractivity contribution in [3.05, 3.63) is 35.9 Å². The van der Waals surface area contributed by atoms with Gasteiger partial charge >= 0.3 is 0 Å². The van der Waals surface area contributed by atoms with Crippen LogP contribution in [0.25, 0.3) is 0 Å². The first-order chi connectivity index (χ1) is 10.2. The number of carbonyl (C=O) groups is 2. The van der Waals surface area contributed by atoms with Crippen LogP contribution >= 0.6 is 0 Å². The van der Waals surface area contributed by atoms with E-state index in [1.165, 1.54) is 5.56 Å². The van der Waals surface area contributed by atoms with E-state index in [4.69, 9.17) is 0 Å². The Balaban J connectivity index is 1.63. The van der Waals surface area contributed by atoms with E-state index in [1.54, 1.807) is 11.8 Å². The molecular formula is C16H23N3O2. The number of benzene rings is 1. The molecule has 1 aromatic carbocycles. The Kier molecular flexibility index (Phi) is 5.75. The molecule has 114 valence electrons. The van der Waals surface area contributed by atoms with Crippen molar-refractivity contribution in [3.8, 4) is 0 Å². The molecule has 1 aromatic rings. The molecule has 1 aliphatic rings. The Morgan fingerprint density at radius 1 is 1.05 bits per heavy atom. The summed E-state index contributed by atoms with van der Waals surface area (Å²) in [4.78, 5) is 26.9. The molecule has 1 aliphatic heterocycles. The minimum absolute atomic E-state index is 0.0895. The molecule has 0 saturated carbocycles. The molecule has 1 saturated heterocycles. The largest absolute Gasteiger partial charge is 0.339 e. The van der Waals surface area contributed by atoms with Gasteiger partial charge in [-0.25, -0.2) is 0 Å². The number of hydrogen-bond donors (Lipinski definition) is 1. The quantitative estimate of drug-likeness (QED) is 0.818. The van der Waals surface area contributed by atoms with E-state index >= 15 is 0 Å². The van der Waals surface area contributed by atoms with Gasteiger partial charge in [0.25, 0.3) is 0 Å². The normalized spacial score (nSPS) is 15.1. The lowest BCUT2D eigenvalue weighted by Gasteiger charge is -2.34. The maximum atomic E-state index is 12.1. The average molecular weight is 289 g/mol. The lowest BCUT2D eigenvalue weighted by Crippen LogP contribution is -2.50. The molecule has 21 heavy (non-hydrogen) atoms. The zero-order valence-electron chi connectivity index (χ0n) is 12.5. The number of piperazine rings is 1. The third-order valence-corrected chi connectivity index (χ3v) is 3.77. The van der Waals surface area contributed by atoms with Gasteiger partial charge in [0.15, 0.2) is 0 Å². The van der Waals surface area contributed by atoms with Gasteiger partial charge in [-0.3, -0.25) is 9.59 Å². The zero-order chi connectivity index (χ0) is 15.1. The molecule has 1 fully saturated rings. The predicted octanol–water partition coefficient (Wildman–Crippen LogP) is 0.857. The van der Waals surface area contributed by atoms with Crippen molar-refractivity contribution in [2.24, 2.45) is 0 Å². The molecule has 1 heterocycles. The first-order valence-electron chi connectivity index (χ1n) is 7.45. The maximum absolute atomic E-state index is 12.1. The SMILES string of the molecule is CC(=O)N1CCN(C(=O)CCNCc2ccccc2)CC1. The number of nitrogens with zero attached hydrogens (tertiary/aromatic N) is 2. The Morgan fingerprint density at radius 3 is 2.29 bits per heavy atom. The molecule has 0 bridgehead atoms. The van der Waals surface area contributed by atoms with Gasteiger partial charge in [0.2, 0.25) is 11.8 Å². The van der Waals surface area contributed by atoms with Crippen LogP contribution < -0.4 is 5.32 Å². The zero-order valence-corrected chi connectivity index (χ0v) is 12.5. The van der Waals surface area contributed by atoms with Crippen molar-refractivity contribution in [1.29, 1.82) is 0 Å². The van der Waals surface area contributed by atoms with Gasteiger partial charge in [0, 0.05) is 52.6 Å². The van der Waals surface area contributed by atoms with Gasteiger partial charge in [0.1, 0.15) is 0 Å². The van der Waals surface area contributed by atoms with E-state index < -0.39 is 0 Å². The monoisotopic (exact) mass is 289 g/mol. The maximum Gasteiger partial charge on any atom is 0.223 e. The summed E-state index contributed by atoms with van der Waals surface area (Å²) in [6, 6.07) is 10.1. The predicted molar refractivity (Wildman–Crippen MR) is 81.6 cm³/mol. The summed E-state index contributed by atoms with van der Waals surface area (Å²) in [5.41, 5.74) is 1.22. The fraction of sp³-hybridized carbons (Fsp3) is 0.500. The van der Waals surface area contributed by atoms with E-state index in [2.05, 4.69) is 17.4 Å². The fourth-order valence-electron chi connectivity index (χ4n) is 2.45. The third kappa shape index (κ3) is 4.86. The smallest absolute Gasteiger partial charge is 0.223 e. The van der Waals surface area contributed by atoms with E-state index in [9.17, 15) is 9.59 Å². The first-order valence-corrected chi connectivity index (χ1v) is 7.45. The van der Waals surface area contributed by atoms with Crippen molar-refractivity contribution >= 4 is 11.8 Å². The second kappa shape index (κ2) is 7.78. The minimum atomic E-state index is 0.0895. The van der Waals surface area contributed by atoms with E-state index in [1.807, 2.05) is 23.1 Å². The highest BCUT2D eigenvalue weighted by Gasteiger charge is 2.21. The summed E-state index contributed by atoms with van der Waals surface area (Å²) in [5.74, 6) is 0.255. The number of nitrogens with one attached hydrogen (secondary N) is 1. The third-order valence-electron chi connectivity index (χ3n) is 3.77. The Labute approximate surface area is 125 Å². The van der Waals surface area contributed by atoms with Crippen LogP contribution in [0.5, 0.6) is 0 Å². The highest BCUT2D eigenvalue weighted by atomic mass is 16.2. The summed E-state index contributed by atoms with van der Waals surface area (Å²) in [6.45, 7) is 5.64. The standard InChI is InChI=1S/C16H23N3O2/c1-14(20)18-9-11-19(12-10-18)16(21)7-8-17-13-15-5-3-2-4-6-15/h2-6,17H,7-13H2,1H3. The van der Waals surface area contributed by atoms with Crippen LogP contribution in [0.4, 0.5) is 0 Å². The molecule has 2 amide bonds. The second-order valence-corrected chi connectivity index (χ2v) is 5.30. The van der Waals surface area contributed by atoms with Crippen LogP contribution in [0, 0.1) is 0 Å². The van der Waals surface area contributed by atoms with Crippen LogP contribution in [-0.2, 0) is 16.1 Å². The van der Waals surface area contributed by atoms with Gasteiger partial charge in [-0.05, 0) is 5.56 Å². The molecule has 2 rings (SSSR count). The van der Waals surface area contributed by atoms with Crippen LogP contribution in [0.15, 0.2) is 30.3 Å². The molecule has 0 radical (unpaired) electrons. The van der Waals surface area contributed by atoms with Crippen molar-refractivity contribution in [1.82, 2.24) is 15.1 Å². The summed E-state index contributed by atoms with van der Waals surface area (Å²) in [6.07, 6.45) is 0.507. The van der Waals surface area contributed by atoms with Crippen LogP contribution in [-0.4, -0.2) is 54.3 Å². The molecule has 5 heteroatoms. The van der Waals surface area contributed by atoms with Gasteiger partial charge in [-0.15, -0.1) is 0 Å². The topological polar surface area (TPSA) is 52.7 Å². The highest BCUT2D eigenvalue weighted by molar-refractivity contribution is 5.77. The number of rotatable bonds is 5. The van der Waals surface area contributed by atoms with Gasteiger partial charge in [-0.2, -0.15) is 0 Å². The average Bonchev–Trinajstić information content (AvgIpc) is 2.52. The molecule has 0 unspecified atom stereocenters. The molecule has 0 atom stereocenters. The second-order valence-electron chi connectivity index (χ2n) is 5.30. The first kappa shape index (κ1) is 15.5. The van der Waals surface area contributed by atoms with Gasteiger partial charge in [0.05, 0.1) is 0 Å². The summed E-state index contributed by atoms with van der Waals surface area (Å²) in [7, 11) is 0. The number of amides is 2.